The van der Waals surface area contributed by atoms with Crippen LogP contribution in [-0.2, 0) is 11.2 Å². The van der Waals surface area contributed by atoms with Crippen LogP contribution in [0.5, 0.6) is 0 Å². The highest BCUT2D eigenvalue weighted by atomic mass is 35.5. The van der Waals surface area contributed by atoms with Gasteiger partial charge in [-0.25, -0.2) is 9.37 Å². The van der Waals surface area contributed by atoms with Gasteiger partial charge in [0.2, 0.25) is 5.91 Å². The second kappa shape index (κ2) is 13.1. The van der Waals surface area contributed by atoms with E-state index in [9.17, 15) is 14.0 Å². The van der Waals surface area contributed by atoms with E-state index in [2.05, 4.69) is 5.32 Å². The van der Waals surface area contributed by atoms with Gasteiger partial charge in [0.25, 0.3) is 5.56 Å². The summed E-state index contributed by atoms with van der Waals surface area (Å²) in [4.78, 5) is 30.1. The number of hydrogen-bond donors (Lipinski definition) is 1. The summed E-state index contributed by atoms with van der Waals surface area (Å²) >= 11 is 13.6. The highest BCUT2D eigenvalue weighted by Gasteiger charge is 2.13. The van der Waals surface area contributed by atoms with Crippen molar-refractivity contribution in [2.45, 2.75) is 37.3 Å². The Kier molecular flexibility index (Phi) is 9.61. The van der Waals surface area contributed by atoms with Crippen LogP contribution in [0.3, 0.4) is 0 Å². The molecule has 37 heavy (non-hydrogen) atoms. The van der Waals surface area contributed by atoms with Crippen molar-refractivity contribution in [3.63, 3.8) is 0 Å². The van der Waals surface area contributed by atoms with Crippen molar-refractivity contribution in [1.29, 1.82) is 0 Å². The average molecular weight is 559 g/mol. The van der Waals surface area contributed by atoms with Gasteiger partial charge < -0.3 is 5.32 Å². The third-order valence-electron chi connectivity index (χ3n) is 5.84. The molecular formula is C28H26Cl2FN3O2S. The van der Waals surface area contributed by atoms with Crippen LogP contribution in [0.25, 0.3) is 16.6 Å². The van der Waals surface area contributed by atoms with Gasteiger partial charge in [0.15, 0.2) is 5.16 Å². The topological polar surface area (TPSA) is 64.0 Å². The fourth-order valence-corrected chi connectivity index (χ4v) is 5.42. The monoisotopic (exact) mass is 557 g/mol. The maximum Gasteiger partial charge on any atom is 0.266 e. The highest BCUT2D eigenvalue weighted by molar-refractivity contribution is 7.99. The van der Waals surface area contributed by atoms with Gasteiger partial charge in [-0.3, -0.25) is 14.2 Å². The largest absolute Gasteiger partial charge is 0.356 e. The van der Waals surface area contributed by atoms with E-state index < -0.39 is 0 Å². The first-order chi connectivity index (χ1) is 17.9. The second-order valence-electron chi connectivity index (χ2n) is 8.52. The number of para-hydroxylation sites is 1. The number of aromatic nitrogens is 2. The second-order valence-corrected chi connectivity index (χ2v) is 10.4. The van der Waals surface area contributed by atoms with Gasteiger partial charge in [-0.2, -0.15) is 0 Å². The van der Waals surface area contributed by atoms with E-state index in [1.807, 2.05) is 18.2 Å². The number of carbonyl (C=O) groups excluding carboxylic acids is 1. The van der Waals surface area contributed by atoms with Crippen molar-refractivity contribution in [2.24, 2.45) is 0 Å². The summed E-state index contributed by atoms with van der Waals surface area (Å²) in [5.74, 6) is 0.388. The van der Waals surface area contributed by atoms with Crippen LogP contribution in [0.1, 0.15) is 31.2 Å². The Hall–Kier alpha value is -2.87. The molecule has 0 fully saturated rings. The van der Waals surface area contributed by atoms with Crippen molar-refractivity contribution < 1.29 is 9.18 Å². The summed E-state index contributed by atoms with van der Waals surface area (Å²) in [6.07, 6.45) is 3.60. The Bertz CT molecular complexity index is 1440. The van der Waals surface area contributed by atoms with Gasteiger partial charge in [-0.1, -0.05) is 59.6 Å². The van der Waals surface area contributed by atoms with Crippen molar-refractivity contribution in [3.05, 3.63) is 98.5 Å². The molecule has 192 valence electrons. The number of rotatable bonds is 11. The van der Waals surface area contributed by atoms with Crippen molar-refractivity contribution in [1.82, 2.24) is 14.9 Å². The molecule has 0 radical (unpaired) electrons. The standard InChI is InChI=1S/C28H26Cl2FN3O2S/c29-20-10-9-19(24(30)18-20)15-16-32-26(35)8-2-1-5-17-37-28-33-25-7-4-3-6-23(25)27(36)34(28)22-13-11-21(31)12-14-22/h3-4,6-7,9-14,18H,1-2,5,8,15-17H2,(H,32,35). The van der Waals surface area contributed by atoms with Crippen LogP contribution in [0.15, 0.2) is 76.7 Å². The predicted octanol–water partition coefficient (Wildman–Crippen LogP) is 6.84. The molecule has 0 aliphatic carbocycles. The zero-order valence-corrected chi connectivity index (χ0v) is 22.4. The Morgan fingerprint density at radius 3 is 2.57 bits per heavy atom. The molecular weight excluding hydrogens is 532 g/mol. The maximum atomic E-state index is 13.5. The molecule has 0 saturated heterocycles. The summed E-state index contributed by atoms with van der Waals surface area (Å²) in [5, 5.41) is 5.20. The normalized spacial score (nSPS) is 11.1. The number of halogens is 3. The first-order valence-corrected chi connectivity index (χ1v) is 13.8. The molecule has 0 unspecified atom stereocenters. The third kappa shape index (κ3) is 7.34. The molecule has 0 spiro atoms. The summed E-state index contributed by atoms with van der Waals surface area (Å²) in [6.45, 7) is 0.518. The van der Waals surface area contributed by atoms with E-state index in [1.54, 1.807) is 36.4 Å². The maximum absolute atomic E-state index is 13.5. The SMILES string of the molecule is O=C(CCCCCSc1nc2ccccc2c(=O)n1-c1ccc(F)cc1)NCCc1ccc(Cl)cc1Cl. The minimum Gasteiger partial charge on any atom is -0.356 e. The van der Waals surface area contributed by atoms with Crippen LogP contribution in [-0.4, -0.2) is 27.8 Å². The van der Waals surface area contributed by atoms with E-state index in [0.717, 1.165) is 30.6 Å². The molecule has 4 rings (SSSR count). The molecule has 0 saturated carbocycles. The molecule has 4 aromatic rings. The zero-order valence-electron chi connectivity index (χ0n) is 20.1. The van der Waals surface area contributed by atoms with Gasteiger partial charge >= 0.3 is 0 Å². The smallest absolute Gasteiger partial charge is 0.266 e. The number of nitrogens with one attached hydrogen (secondary N) is 1. The number of fused-ring (bicyclic) bond motifs is 1. The van der Waals surface area contributed by atoms with Crippen LogP contribution in [0, 0.1) is 5.82 Å². The fourth-order valence-electron chi connectivity index (χ4n) is 3.90. The first kappa shape index (κ1) is 27.2. The molecule has 3 aromatic carbocycles. The third-order valence-corrected chi connectivity index (χ3v) is 7.45. The highest BCUT2D eigenvalue weighted by Crippen LogP contribution is 2.23. The number of unbranched alkanes of at least 4 members (excludes halogenated alkanes) is 2. The van der Waals surface area contributed by atoms with E-state index in [4.69, 9.17) is 28.2 Å². The Labute approximate surface area is 229 Å². The number of thioether (sulfide) groups is 1. The molecule has 0 bridgehead atoms. The van der Waals surface area contributed by atoms with Gasteiger partial charge in [-0.05, 0) is 73.4 Å². The number of nitrogens with zero attached hydrogens (tertiary/aromatic N) is 2. The lowest BCUT2D eigenvalue weighted by Gasteiger charge is -2.13. The van der Waals surface area contributed by atoms with Crippen LogP contribution < -0.4 is 10.9 Å². The van der Waals surface area contributed by atoms with E-state index in [-0.39, 0.29) is 17.3 Å². The number of carbonyl (C=O) groups is 1. The van der Waals surface area contributed by atoms with Crippen molar-refractivity contribution in [3.8, 4) is 5.69 Å². The van der Waals surface area contributed by atoms with E-state index >= 15 is 0 Å². The Morgan fingerprint density at radius 2 is 1.78 bits per heavy atom. The summed E-state index contributed by atoms with van der Waals surface area (Å²) in [6, 6.07) is 18.4. The van der Waals surface area contributed by atoms with Crippen LogP contribution in [0.4, 0.5) is 4.39 Å². The predicted molar refractivity (Wildman–Crippen MR) is 150 cm³/mol. The lowest BCUT2D eigenvalue weighted by Crippen LogP contribution is -2.25. The summed E-state index contributed by atoms with van der Waals surface area (Å²) < 4.78 is 15.0. The number of benzene rings is 3. The molecule has 1 heterocycles. The molecule has 0 aliphatic rings. The van der Waals surface area contributed by atoms with Gasteiger partial charge in [-0.15, -0.1) is 0 Å². The quantitative estimate of drug-likeness (QED) is 0.124. The number of amides is 1. The van der Waals surface area contributed by atoms with Crippen molar-refractivity contribution >= 4 is 51.8 Å². The van der Waals surface area contributed by atoms with Crippen molar-refractivity contribution in [2.75, 3.05) is 12.3 Å². The van der Waals surface area contributed by atoms with E-state index in [0.29, 0.717) is 51.2 Å². The van der Waals surface area contributed by atoms with Gasteiger partial charge in [0.1, 0.15) is 5.82 Å². The molecule has 9 heteroatoms. The fraction of sp³-hybridized carbons (Fsp3) is 0.250. The average Bonchev–Trinajstić information content (AvgIpc) is 2.88. The molecule has 0 atom stereocenters. The molecule has 1 N–H and O–H groups in total. The van der Waals surface area contributed by atoms with Crippen LogP contribution in [0.2, 0.25) is 10.0 Å². The molecule has 1 amide bonds. The number of hydrogen-bond acceptors (Lipinski definition) is 4. The van der Waals surface area contributed by atoms with Gasteiger partial charge in [0.05, 0.1) is 16.6 Å². The Morgan fingerprint density at radius 1 is 1.00 bits per heavy atom. The lowest BCUT2D eigenvalue weighted by atomic mass is 10.1. The summed E-state index contributed by atoms with van der Waals surface area (Å²) in [7, 11) is 0. The first-order valence-electron chi connectivity index (χ1n) is 12.0. The zero-order chi connectivity index (χ0) is 26.2. The molecule has 5 nitrogen and oxygen atoms in total. The molecule has 0 aliphatic heterocycles. The van der Waals surface area contributed by atoms with Crippen LogP contribution >= 0.6 is 35.0 Å². The molecule has 1 aromatic heterocycles. The minimum absolute atomic E-state index is 0.0130. The van der Waals surface area contributed by atoms with E-state index in [1.165, 1.54) is 28.5 Å². The Balaban J connectivity index is 1.27. The lowest BCUT2D eigenvalue weighted by molar-refractivity contribution is -0.121. The minimum atomic E-state index is -0.363. The summed E-state index contributed by atoms with van der Waals surface area (Å²) in [5.41, 5.74) is 1.97. The van der Waals surface area contributed by atoms with Gasteiger partial charge in [0, 0.05) is 28.8 Å².